The predicted molar refractivity (Wildman–Crippen MR) is 281 cm³/mol. The van der Waals surface area contributed by atoms with Crippen molar-refractivity contribution in [3.63, 3.8) is 0 Å². The molecule has 0 bridgehead atoms. The largest absolute Gasteiger partial charge is 0.469 e. The van der Waals surface area contributed by atoms with Gasteiger partial charge in [-0.1, -0.05) is 47.1 Å². The maximum absolute atomic E-state index is 14.4. The van der Waals surface area contributed by atoms with Gasteiger partial charge in [-0.2, -0.15) is 0 Å². The van der Waals surface area contributed by atoms with Crippen LogP contribution in [0.2, 0.25) is 0 Å². The number of esters is 3. The lowest BCUT2D eigenvalue weighted by molar-refractivity contribution is -0.150. The Morgan fingerprint density at radius 1 is 0.959 bits per heavy atom. The van der Waals surface area contributed by atoms with Crippen molar-refractivity contribution in [3.8, 4) is 5.75 Å². The van der Waals surface area contributed by atoms with Crippen molar-refractivity contribution >= 4 is 86.2 Å². The molecular weight excluding hydrogens is 1030 g/mol. The van der Waals surface area contributed by atoms with E-state index in [2.05, 4.69) is 42.2 Å². The summed E-state index contributed by atoms with van der Waals surface area (Å²) in [5.74, 6) is -5.35. The second-order valence-corrected chi connectivity index (χ2v) is 21.5. The van der Waals surface area contributed by atoms with Crippen LogP contribution in [0.15, 0.2) is 33.6 Å². The Labute approximate surface area is 442 Å². The summed E-state index contributed by atoms with van der Waals surface area (Å²) < 4.78 is 16.6. The number of carbonyl (C=O) groups is 9. The van der Waals surface area contributed by atoms with Crippen molar-refractivity contribution < 1.29 is 57.4 Å². The molecule has 5 amide bonds. The molecule has 73 heavy (non-hydrogen) atoms. The van der Waals surface area contributed by atoms with Gasteiger partial charge in [0.1, 0.15) is 10.7 Å². The van der Waals surface area contributed by atoms with Crippen LogP contribution in [0.4, 0.5) is 5.69 Å². The number of benzene rings is 1. The second kappa shape index (κ2) is 28.8. The summed E-state index contributed by atoms with van der Waals surface area (Å²) >= 11 is 4.28. The van der Waals surface area contributed by atoms with Gasteiger partial charge in [0, 0.05) is 81.7 Å². The summed E-state index contributed by atoms with van der Waals surface area (Å²) in [6.45, 7) is 16.2. The highest BCUT2D eigenvalue weighted by atomic mass is 79.9. The molecule has 0 saturated heterocycles. The van der Waals surface area contributed by atoms with Gasteiger partial charge >= 0.3 is 17.9 Å². The fourth-order valence-corrected chi connectivity index (χ4v) is 9.24. The first kappa shape index (κ1) is 61.8. The number of rotatable bonds is 20. The third kappa shape index (κ3) is 18.4. The van der Waals surface area contributed by atoms with Crippen molar-refractivity contribution in [2.45, 2.75) is 144 Å². The number of ketones is 1. The van der Waals surface area contributed by atoms with Gasteiger partial charge in [-0.25, -0.2) is 4.98 Å². The third-order valence-corrected chi connectivity index (χ3v) is 15.3. The molecule has 404 valence electrons. The average molecular weight is 1100 g/mol. The lowest BCUT2D eigenvalue weighted by Gasteiger charge is -2.38. The van der Waals surface area contributed by atoms with Crippen LogP contribution in [0.3, 0.4) is 0 Å². The van der Waals surface area contributed by atoms with E-state index in [1.807, 2.05) is 60.5 Å². The molecule has 3 rings (SSSR count). The zero-order valence-electron chi connectivity index (χ0n) is 44.7. The van der Waals surface area contributed by atoms with Gasteiger partial charge in [-0.05, 0) is 106 Å². The highest BCUT2D eigenvalue weighted by Crippen LogP contribution is 2.34. The average Bonchev–Trinajstić information content (AvgIpc) is 3.84. The Bertz CT molecular complexity index is 2350. The van der Waals surface area contributed by atoms with Gasteiger partial charge in [-0.3, -0.25) is 48.1 Å². The molecule has 0 fully saturated rings. The highest BCUT2D eigenvalue weighted by Gasteiger charge is 2.39. The maximum atomic E-state index is 14.4. The van der Waals surface area contributed by atoms with Gasteiger partial charge in [0.15, 0.2) is 17.6 Å². The van der Waals surface area contributed by atoms with E-state index >= 15 is 0 Å². The van der Waals surface area contributed by atoms with Crippen LogP contribution in [0.5, 0.6) is 5.75 Å². The summed E-state index contributed by atoms with van der Waals surface area (Å²) in [6.07, 6.45) is 0.601. The number of Topliss-reactive ketones (excluding diaryl/α,β-unsaturated/α-hetero) is 1. The van der Waals surface area contributed by atoms with E-state index in [-0.39, 0.29) is 115 Å². The molecule has 4 N–H and O–H groups in total. The van der Waals surface area contributed by atoms with Crippen molar-refractivity contribution in [3.05, 3.63) is 49.9 Å². The summed E-state index contributed by atoms with van der Waals surface area (Å²) in [5.41, 5.74) is 0.156. The number of methoxy groups -OCH3 is 1. The fourth-order valence-electron chi connectivity index (χ4n) is 8.08. The van der Waals surface area contributed by atoms with Gasteiger partial charge < -0.3 is 40.4 Å². The number of ether oxygens (including phenoxy) is 3. The number of thiazole rings is 1. The van der Waals surface area contributed by atoms with Crippen LogP contribution in [-0.4, -0.2) is 127 Å². The summed E-state index contributed by atoms with van der Waals surface area (Å²) in [7, 11) is 6.64. The molecule has 2 aromatic rings. The van der Waals surface area contributed by atoms with Crippen LogP contribution in [0, 0.1) is 23.7 Å². The number of hydrogen-bond acceptors (Lipinski definition) is 15. The minimum absolute atomic E-state index is 0.0185. The normalized spacial score (nSPS) is 18.0. The number of likely N-dealkylation sites (N-methyl/N-ethyl adjacent to an activating group) is 1. The Morgan fingerprint density at radius 3 is 2.21 bits per heavy atom. The highest BCUT2D eigenvalue weighted by molar-refractivity contribution is 9.12. The van der Waals surface area contributed by atoms with Gasteiger partial charge in [0.25, 0.3) is 11.8 Å². The van der Waals surface area contributed by atoms with E-state index in [1.54, 1.807) is 31.0 Å². The quantitative estimate of drug-likeness (QED) is 0.0823. The van der Waals surface area contributed by atoms with Gasteiger partial charge in [0.2, 0.25) is 17.7 Å². The number of nitrogens with one attached hydrogen (secondary N) is 4. The van der Waals surface area contributed by atoms with Crippen molar-refractivity contribution in [2.75, 3.05) is 46.7 Å². The van der Waals surface area contributed by atoms with Crippen LogP contribution in [0.1, 0.15) is 141 Å². The number of hydrogen-bond donors (Lipinski definition) is 4. The molecule has 1 aliphatic heterocycles. The van der Waals surface area contributed by atoms with Gasteiger partial charge in [0.05, 0.1) is 28.7 Å². The number of carbonyl (C=O) groups excluding carboxylic acids is 9. The van der Waals surface area contributed by atoms with Crippen LogP contribution < -0.4 is 26.0 Å². The first-order valence-corrected chi connectivity index (χ1v) is 26.4. The number of nitrogens with zero attached hydrogens (tertiary/aromatic N) is 3. The standard InChI is InChI=1S/C52H76BrN7O12S/c1-14-30(4)36(26-42(62)52(8,9)59(10)11)50(68)60(12)39(29(2)3)27-41(71-33(7)61)49-58-38(28-73-49)47(66)56-35(23-31(5)51(69)70-13)24-34-19-20-40-37(25-34)57-43(63)17-15-21-54-46(65)32(6)45(53)48(67)55-22-16-18-44(64)72-40/h19-20,25,28-31,35-36,39,41H,14-18,21-24,26-27H2,1-13H3,(H,54,65)(H,55,67)(H,56,66)(H,57,63)/b45-32+/t30-,31?,35+,36-,39+,41+/m0/s1. The number of halogens is 1. The Balaban J connectivity index is 1.92. The Hall–Kier alpha value is -5.54. The van der Waals surface area contributed by atoms with E-state index in [0.29, 0.717) is 17.0 Å². The molecule has 19 nitrogen and oxygen atoms in total. The maximum Gasteiger partial charge on any atom is 0.311 e. The molecule has 1 aliphatic rings. The molecule has 0 aliphatic carbocycles. The van der Waals surface area contributed by atoms with E-state index in [4.69, 9.17) is 14.2 Å². The van der Waals surface area contributed by atoms with Crippen LogP contribution in [-0.2, 0) is 54.3 Å². The smallest absolute Gasteiger partial charge is 0.311 e. The first-order valence-electron chi connectivity index (χ1n) is 24.8. The van der Waals surface area contributed by atoms with Crippen LogP contribution in [0.25, 0.3) is 0 Å². The first-order chi connectivity index (χ1) is 34.2. The van der Waals surface area contributed by atoms with Crippen molar-refractivity contribution in [2.24, 2.45) is 23.7 Å². The molecule has 1 aromatic carbocycles. The second-order valence-electron chi connectivity index (χ2n) is 19.8. The SMILES string of the molecule is CC[C@H](C)[C@H](CC(=O)C(C)(C)N(C)C)C(=O)N(C)[C@H](C[C@@H](OC(C)=O)c1nc(C(=O)N[C@@H](Cc2ccc3c(c2)NC(=O)CCCNC(=O)/C(C)=C(/Br)C(=O)NCCCC(=O)O3)CC(C)C(=O)OC)cs1)C(C)C. The summed E-state index contributed by atoms with van der Waals surface area (Å²) in [6, 6.07) is 3.63. The molecule has 1 aromatic heterocycles. The Morgan fingerprint density at radius 2 is 1.60 bits per heavy atom. The molecule has 6 atom stereocenters. The van der Waals surface area contributed by atoms with E-state index in [1.165, 1.54) is 32.4 Å². The molecule has 0 saturated carbocycles. The third-order valence-electron chi connectivity index (χ3n) is 13.4. The number of amides is 5. The molecule has 1 unspecified atom stereocenters. The van der Waals surface area contributed by atoms with Crippen molar-refractivity contribution in [1.82, 2.24) is 30.7 Å². The molecular formula is C52H76BrN7O12S. The van der Waals surface area contributed by atoms with Crippen LogP contribution >= 0.6 is 27.3 Å². The minimum Gasteiger partial charge on any atom is -0.469 e. The Kier molecular flexibility index (Phi) is 24.4. The summed E-state index contributed by atoms with van der Waals surface area (Å²) in [5, 5.41) is 13.0. The minimum atomic E-state index is -0.936. The molecule has 0 spiro atoms. The topological polar surface area (TPSA) is 249 Å². The lowest BCUT2D eigenvalue weighted by atomic mass is 9.81. The molecule has 0 radical (unpaired) electrons. The number of fused-ring (bicyclic) bond motifs is 1. The monoisotopic (exact) mass is 1100 g/mol. The van der Waals surface area contributed by atoms with E-state index < -0.39 is 77.1 Å². The van der Waals surface area contributed by atoms with E-state index in [9.17, 15) is 43.2 Å². The lowest BCUT2D eigenvalue weighted by Crippen LogP contribution is -2.50. The molecule has 2 heterocycles. The molecule has 21 heteroatoms. The fraction of sp³-hybridized carbons (Fsp3) is 0.615. The number of aromatic nitrogens is 1. The van der Waals surface area contributed by atoms with Gasteiger partial charge in [-0.15, -0.1) is 11.3 Å². The van der Waals surface area contributed by atoms with E-state index in [0.717, 1.165) is 11.3 Å². The summed E-state index contributed by atoms with van der Waals surface area (Å²) in [4.78, 5) is 127. The zero-order chi connectivity index (χ0) is 54.9. The predicted octanol–water partition coefficient (Wildman–Crippen LogP) is 6.44. The zero-order valence-corrected chi connectivity index (χ0v) is 47.1. The van der Waals surface area contributed by atoms with Crippen molar-refractivity contribution in [1.29, 1.82) is 0 Å². The number of anilines is 1.